The van der Waals surface area contributed by atoms with E-state index < -0.39 is 6.04 Å². The fraction of sp³-hybridized carbons (Fsp3) is 0.588. The third-order valence-electron chi connectivity index (χ3n) is 3.97. The maximum Gasteiger partial charge on any atom is 0.237 e. The van der Waals surface area contributed by atoms with Crippen molar-refractivity contribution in [2.75, 3.05) is 6.61 Å². The van der Waals surface area contributed by atoms with E-state index in [1.54, 1.807) is 0 Å². The summed E-state index contributed by atoms with van der Waals surface area (Å²) in [5.74, 6) is -0.0476. The van der Waals surface area contributed by atoms with Gasteiger partial charge in [-0.3, -0.25) is 4.79 Å². The van der Waals surface area contributed by atoms with Gasteiger partial charge in [0.05, 0.1) is 11.6 Å². The lowest BCUT2D eigenvalue weighted by Crippen LogP contribution is -2.50. The van der Waals surface area contributed by atoms with Gasteiger partial charge in [0, 0.05) is 12.6 Å². The van der Waals surface area contributed by atoms with Crippen LogP contribution >= 0.6 is 0 Å². The number of carbonyl (C=O) groups is 1. The summed E-state index contributed by atoms with van der Waals surface area (Å²) in [6.07, 6.45) is 3.20. The normalized spacial score (nSPS) is 22.5. The molecule has 116 valence electrons. The fourth-order valence-electron chi connectivity index (χ4n) is 2.76. The first kappa shape index (κ1) is 16.0. The van der Waals surface area contributed by atoms with Crippen LogP contribution in [0.25, 0.3) is 0 Å². The molecule has 0 radical (unpaired) electrons. The predicted octanol–water partition coefficient (Wildman–Crippen LogP) is 2.02. The van der Waals surface area contributed by atoms with E-state index in [2.05, 4.69) is 31.3 Å². The van der Waals surface area contributed by atoms with Crippen LogP contribution in [0.5, 0.6) is 0 Å². The van der Waals surface area contributed by atoms with Gasteiger partial charge in [0.25, 0.3) is 0 Å². The predicted molar refractivity (Wildman–Crippen MR) is 83.9 cm³/mol. The van der Waals surface area contributed by atoms with Crippen LogP contribution in [0.2, 0.25) is 0 Å². The molecule has 0 aliphatic carbocycles. The largest absolute Gasteiger partial charge is 0.375 e. The van der Waals surface area contributed by atoms with Crippen LogP contribution in [0.15, 0.2) is 30.3 Å². The number of hydrogen-bond donors (Lipinski definition) is 2. The number of aryl methyl sites for hydroxylation is 1. The zero-order valence-corrected chi connectivity index (χ0v) is 13.0. The highest BCUT2D eigenvalue weighted by Crippen LogP contribution is 2.23. The number of carbonyl (C=O) groups excluding carboxylic acids is 1. The topological polar surface area (TPSA) is 64.4 Å². The molecule has 1 aliphatic heterocycles. The molecule has 4 nitrogen and oxygen atoms in total. The standard InChI is InChI=1S/C17H26N2O2/c1-17(2)12-14(10-11-21-17)19-16(20)15(18)9-8-13-6-4-3-5-7-13/h3-7,14-15H,8-12,18H2,1-2H3,(H,19,20)/t14?,15-/m0/s1. The van der Waals surface area contributed by atoms with Crippen molar-refractivity contribution in [3.63, 3.8) is 0 Å². The highest BCUT2D eigenvalue weighted by molar-refractivity contribution is 5.81. The molecule has 2 atom stereocenters. The van der Waals surface area contributed by atoms with Gasteiger partial charge in [0.2, 0.25) is 5.91 Å². The van der Waals surface area contributed by atoms with Gasteiger partial charge >= 0.3 is 0 Å². The summed E-state index contributed by atoms with van der Waals surface area (Å²) >= 11 is 0. The smallest absolute Gasteiger partial charge is 0.237 e. The number of nitrogens with two attached hydrogens (primary N) is 1. The lowest BCUT2D eigenvalue weighted by Gasteiger charge is -2.36. The van der Waals surface area contributed by atoms with E-state index in [4.69, 9.17) is 10.5 Å². The second kappa shape index (κ2) is 7.05. The van der Waals surface area contributed by atoms with Gasteiger partial charge < -0.3 is 15.8 Å². The second-order valence-corrected chi connectivity index (χ2v) is 6.44. The van der Waals surface area contributed by atoms with Crippen LogP contribution in [0.4, 0.5) is 0 Å². The van der Waals surface area contributed by atoms with E-state index in [-0.39, 0.29) is 17.6 Å². The van der Waals surface area contributed by atoms with Crippen molar-refractivity contribution in [3.05, 3.63) is 35.9 Å². The first-order chi connectivity index (χ1) is 9.96. The van der Waals surface area contributed by atoms with Gasteiger partial charge in [-0.15, -0.1) is 0 Å². The van der Waals surface area contributed by atoms with Crippen LogP contribution in [0.1, 0.15) is 38.7 Å². The molecular weight excluding hydrogens is 264 g/mol. The lowest BCUT2D eigenvalue weighted by atomic mass is 9.93. The highest BCUT2D eigenvalue weighted by Gasteiger charge is 2.30. The number of ether oxygens (including phenoxy) is 1. The maximum absolute atomic E-state index is 12.2. The first-order valence-corrected chi connectivity index (χ1v) is 7.70. The number of rotatable bonds is 5. The van der Waals surface area contributed by atoms with E-state index in [9.17, 15) is 4.79 Å². The molecule has 0 bridgehead atoms. The zero-order chi connectivity index (χ0) is 15.3. The van der Waals surface area contributed by atoms with Gasteiger partial charge in [-0.2, -0.15) is 0 Å². The Morgan fingerprint density at radius 2 is 2.14 bits per heavy atom. The number of benzene rings is 1. The van der Waals surface area contributed by atoms with Crippen molar-refractivity contribution in [1.82, 2.24) is 5.32 Å². The molecule has 3 N–H and O–H groups in total. The number of amides is 1. The van der Waals surface area contributed by atoms with Crippen LogP contribution in [0, 0.1) is 0 Å². The van der Waals surface area contributed by atoms with Crippen molar-refractivity contribution in [2.45, 2.75) is 57.2 Å². The summed E-state index contributed by atoms with van der Waals surface area (Å²) in [4.78, 5) is 12.2. The van der Waals surface area contributed by atoms with Crippen molar-refractivity contribution < 1.29 is 9.53 Å². The molecule has 1 amide bonds. The molecule has 4 heteroatoms. The lowest BCUT2D eigenvalue weighted by molar-refractivity contribution is -0.125. The van der Waals surface area contributed by atoms with Crippen molar-refractivity contribution >= 4 is 5.91 Å². The van der Waals surface area contributed by atoms with Gasteiger partial charge in [-0.05, 0) is 45.1 Å². The Morgan fingerprint density at radius 3 is 2.81 bits per heavy atom. The van der Waals surface area contributed by atoms with Gasteiger partial charge in [-0.1, -0.05) is 30.3 Å². The van der Waals surface area contributed by atoms with Crippen molar-refractivity contribution in [3.8, 4) is 0 Å². The third kappa shape index (κ3) is 5.14. The average molecular weight is 290 g/mol. The highest BCUT2D eigenvalue weighted by atomic mass is 16.5. The fourth-order valence-corrected chi connectivity index (χ4v) is 2.76. The molecule has 2 rings (SSSR count). The van der Waals surface area contributed by atoms with Crippen LogP contribution in [-0.2, 0) is 16.0 Å². The summed E-state index contributed by atoms with van der Waals surface area (Å²) in [5, 5.41) is 3.07. The Hall–Kier alpha value is -1.39. The van der Waals surface area contributed by atoms with Crippen LogP contribution < -0.4 is 11.1 Å². The van der Waals surface area contributed by atoms with E-state index in [1.165, 1.54) is 5.56 Å². The van der Waals surface area contributed by atoms with Gasteiger partial charge in [0.15, 0.2) is 0 Å². The molecular formula is C17H26N2O2. The molecule has 1 aliphatic rings. The quantitative estimate of drug-likeness (QED) is 0.872. The number of hydrogen-bond acceptors (Lipinski definition) is 3. The molecule has 1 unspecified atom stereocenters. The van der Waals surface area contributed by atoms with E-state index in [0.29, 0.717) is 13.0 Å². The summed E-state index contributed by atoms with van der Waals surface area (Å²) in [6, 6.07) is 9.84. The zero-order valence-electron chi connectivity index (χ0n) is 13.0. The second-order valence-electron chi connectivity index (χ2n) is 6.44. The molecule has 21 heavy (non-hydrogen) atoms. The van der Waals surface area contributed by atoms with Gasteiger partial charge in [0.1, 0.15) is 0 Å². The Bertz CT molecular complexity index is 459. The molecule has 1 saturated heterocycles. The maximum atomic E-state index is 12.2. The Balaban J connectivity index is 1.77. The summed E-state index contributed by atoms with van der Waals surface area (Å²) < 4.78 is 5.66. The molecule has 1 heterocycles. The molecule has 1 aromatic carbocycles. The average Bonchev–Trinajstić information content (AvgIpc) is 2.44. The Labute approximate surface area is 127 Å². The summed E-state index contributed by atoms with van der Waals surface area (Å²) in [5.41, 5.74) is 7.06. The number of nitrogens with one attached hydrogen (secondary N) is 1. The Kier molecular flexibility index (Phi) is 5.37. The molecule has 1 aromatic rings. The van der Waals surface area contributed by atoms with E-state index in [1.807, 2.05) is 18.2 Å². The summed E-state index contributed by atoms with van der Waals surface area (Å²) in [6.45, 7) is 4.80. The summed E-state index contributed by atoms with van der Waals surface area (Å²) in [7, 11) is 0. The van der Waals surface area contributed by atoms with Gasteiger partial charge in [-0.25, -0.2) is 0 Å². The van der Waals surface area contributed by atoms with E-state index in [0.717, 1.165) is 19.3 Å². The molecule has 0 saturated carbocycles. The van der Waals surface area contributed by atoms with E-state index >= 15 is 0 Å². The van der Waals surface area contributed by atoms with Crippen molar-refractivity contribution in [1.29, 1.82) is 0 Å². The minimum Gasteiger partial charge on any atom is -0.375 e. The monoisotopic (exact) mass is 290 g/mol. The third-order valence-corrected chi connectivity index (χ3v) is 3.97. The SMILES string of the molecule is CC1(C)CC(NC(=O)[C@@H](N)CCc2ccccc2)CCO1. The molecule has 0 spiro atoms. The van der Waals surface area contributed by atoms with Crippen LogP contribution in [-0.4, -0.2) is 30.2 Å². The molecule has 1 fully saturated rings. The minimum atomic E-state index is -0.448. The minimum absolute atomic E-state index is 0.0476. The van der Waals surface area contributed by atoms with Crippen LogP contribution in [0.3, 0.4) is 0 Å². The molecule has 0 aromatic heterocycles. The Morgan fingerprint density at radius 1 is 1.43 bits per heavy atom. The van der Waals surface area contributed by atoms with Crippen molar-refractivity contribution in [2.24, 2.45) is 5.73 Å². The first-order valence-electron chi connectivity index (χ1n) is 7.70.